The molecular formula is C27H38O3Si. The van der Waals surface area contributed by atoms with Gasteiger partial charge in [-0.1, -0.05) is 101 Å². The van der Waals surface area contributed by atoms with Crippen LogP contribution < -0.4 is 10.4 Å². The Kier molecular flexibility index (Phi) is 6.83. The third kappa shape index (κ3) is 4.96. The second-order valence-electron chi connectivity index (χ2n) is 10.8. The monoisotopic (exact) mass is 438 g/mol. The van der Waals surface area contributed by atoms with Crippen LogP contribution in [-0.2, 0) is 14.0 Å². The molecule has 0 unspecified atom stereocenters. The van der Waals surface area contributed by atoms with Gasteiger partial charge in [-0.15, -0.1) is 0 Å². The lowest BCUT2D eigenvalue weighted by atomic mass is 9.85. The number of ether oxygens (including phenoxy) is 1. The molecule has 3 rings (SSSR count). The highest BCUT2D eigenvalue weighted by Crippen LogP contribution is 2.44. The Balaban J connectivity index is 2.22. The average molecular weight is 439 g/mol. The summed E-state index contributed by atoms with van der Waals surface area (Å²) in [6, 6.07) is 21.1. The minimum absolute atomic E-state index is 0.178. The number of esters is 1. The molecule has 0 N–H and O–H groups in total. The molecule has 0 heterocycles. The Morgan fingerprint density at radius 2 is 1.23 bits per heavy atom. The minimum atomic E-state index is -2.85. The van der Waals surface area contributed by atoms with Crippen molar-refractivity contribution in [3.63, 3.8) is 0 Å². The van der Waals surface area contributed by atoms with Gasteiger partial charge >= 0.3 is 5.97 Å². The van der Waals surface area contributed by atoms with Gasteiger partial charge in [-0.3, -0.25) is 0 Å². The van der Waals surface area contributed by atoms with Crippen molar-refractivity contribution in [2.45, 2.75) is 89.9 Å². The first-order valence-electron chi connectivity index (χ1n) is 11.5. The van der Waals surface area contributed by atoms with E-state index in [1.165, 1.54) is 10.4 Å². The van der Waals surface area contributed by atoms with Gasteiger partial charge in [0.15, 0.2) is 5.60 Å². The first kappa shape index (κ1) is 23.7. The van der Waals surface area contributed by atoms with Crippen molar-refractivity contribution in [1.82, 2.24) is 0 Å². The van der Waals surface area contributed by atoms with Gasteiger partial charge in [0.05, 0.1) is 0 Å². The smallest absolute Gasteiger partial charge is 0.337 e. The summed E-state index contributed by atoms with van der Waals surface area (Å²) >= 11 is 0. The predicted molar refractivity (Wildman–Crippen MR) is 130 cm³/mol. The molecule has 168 valence electrons. The Bertz CT molecular complexity index is 817. The zero-order valence-electron chi connectivity index (χ0n) is 20.0. The normalized spacial score (nSPS) is 17.2. The van der Waals surface area contributed by atoms with Crippen LogP contribution in [0.3, 0.4) is 0 Å². The van der Waals surface area contributed by atoms with Crippen LogP contribution in [0.5, 0.6) is 0 Å². The summed E-state index contributed by atoms with van der Waals surface area (Å²) in [6.45, 7) is 12.6. The van der Waals surface area contributed by atoms with Crippen molar-refractivity contribution >= 4 is 24.7 Å². The standard InChI is InChI=1S/C27H38O3Si/c1-25(2,3)29-24(28)27(20-14-9-15-21-27)30-31(26(4,5)6,22-16-10-7-11-17-22)23-18-12-8-13-19-23/h7-8,10-13,16-19H,9,14-15,20-21H2,1-6H3. The van der Waals surface area contributed by atoms with E-state index in [-0.39, 0.29) is 11.0 Å². The molecule has 4 heteroatoms. The topological polar surface area (TPSA) is 35.5 Å². The fraction of sp³-hybridized carbons (Fsp3) is 0.519. The van der Waals surface area contributed by atoms with Crippen LogP contribution >= 0.6 is 0 Å². The summed E-state index contributed by atoms with van der Waals surface area (Å²) in [5.74, 6) is -0.201. The van der Waals surface area contributed by atoms with Crippen LogP contribution in [0.1, 0.15) is 73.6 Å². The number of hydrogen-bond acceptors (Lipinski definition) is 3. The molecule has 0 radical (unpaired) electrons. The molecule has 3 nitrogen and oxygen atoms in total. The first-order valence-corrected chi connectivity index (χ1v) is 13.5. The quantitative estimate of drug-likeness (QED) is 0.450. The summed E-state index contributed by atoms with van der Waals surface area (Å²) in [5, 5.41) is 2.21. The largest absolute Gasteiger partial charge is 0.458 e. The van der Waals surface area contributed by atoms with Crippen LogP contribution in [0.4, 0.5) is 0 Å². The van der Waals surface area contributed by atoms with Crippen molar-refractivity contribution in [3.05, 3.63) is 60.7 Å². The van der Waals surface area contributed by atoms with Gasteiger partial charge in [-0.05, 0) is 49.0 Å². The maximum atomic E-state index is 13.7. The Labute approximate surface area is 189 Å². The summed E-state index contributed by atoms with van der Waals surface area (Å²) in [7, 11) is -2.85. The van der Waals surface area contributed by atoms with E-state index in [1.807, 2.05) is 32.9 Å². The van der Waals surface area contributed by atoms with Gasteiger partial charge in [-0.2, -0.15) is 0 Å². The minimum Gasteiger partial charge on any atom is -0.458 e. The maximum Gasteiger partial charge on any atom is 0.337 e. The molecule has 0 bridgehead atoms. The number of carbonyl (C=O) groups is 1. The van der Waals surface area contributed by atoms with Crippen molar-refractivity contribution in [2.75, 3.05) is 0 Å². The summed E-state index contributed by atoms with van der Waals surface area (Å²) < 4.78 is 13.3. The van der Waals surface area contributed by atoms with E-state index < -0.39 is 19.5 Å². The average Bonchev–Trinajstić information content (AvgIpc) is 2.72. The molecule has 1 aliphatic carbocycles. The highest BCUT2D eigenvalue weighted by molar-refractivity contribution is 6.99. The molecular weight excluding hydrogens is 400 g/mol. The SMILES string of the molecule is CC(C)(C)OC(=O)C1(O[Si](c2ccccc2)(c2ccccc2)C(C)(C)C)CCCCC1. The van der Waals surface area contributed by atoms with Crippen molar-refractivity contribution < 1.29 is 14.0 Å². The predicted octanol–water partition coefficient (Wildman–Crippen LogP) is 5.61. The van der Waals surface area contributed by atoms with Gasteiger partial charge in [-0.25, -0.2) is 4.79 Å². The molecule has 1 aliphatic rings. The lowest BCUT2D eigenvalue weighted by molar-refractivity contribution is -0.178. The number of benzene rings is 2. The van der Waals surface area contributed by atoms with Crippen LogP contribution in [0.15, 0.2) is 60.7 Å². The number of rotatable bonds is 5. The first-order chi connectivity index (χ1) is 14.5. The number of hydrogen-bond donors (Lipinski definition) is 0. The molecule has 1 saturated carbocycles. The molecule has 0 atom stereocenters. The summed E-state index contributed by atoms with van der Waals surface area (Å²) in [4.78, 5) is 13.7. The Morgan fingerprint density at radius 3 is 1.61 bits per heavy atom. The van der Waals surface area contributed by atoms with Crippen molar-refractivity contribution in [1.29, 1.82) is 0 Å². The molecule has 0 aliphatic heterocycles. The molecule has 0 aromatic heterocycles. The molecule has 2 aromatic carbocycles. The Morgan fingerprint density at radius 1 is 0.774 bits per heavy atom. The third-order valence-electron chi connectivity index (χ3n) is 6.20. The highest BCUT2D eigenvalue weighted by atomic mass is 28.4. The van der Waals surface area contributed by atoms with Gasteiger partial charge in [0.1, 0.15) is 5.60 Å². The molecule has 0 amide bonds. The van der Waals surface area contributed by atoms with E-state index in [0.717, 1.165) is 19.3 Å². The van der Waals surface area contributed by atoms with Gasteiger partial charge in [0.2, 0.25) is 0 Å². The van der Waals surface area contributed by atoms with E-state index in [0.29, 0.717) is 12.8 Å². The van der Waals surface area contributed by atoms with E-state index in [1.54, 1.807) is 0 Å². The van der Waals surface area contributed by atoms with E-state index >= 15 is 0 Å². The lowest BCUT2D eigenvalue weighted by Crippen LogP contribution is -2.71. The van der Waals surface area contributed by atoms with Crippen molar-refractivity contribution in [3.8, 4) is 0 Å². The van der Waals surface area contributed by atoms with Crippen LogP contribution in [0.25, 0.3) is 0 Å². The summed E-state index contributed by atoms with van der Waals surface area (Å²) in [6.07, 6.45) is 4.53. The molecule has 0 spiro atoms. The van der Waals surface area contributed by atoms with E-state index in [9.17, 15) is 4.79 Å². The third-order valence-corrected chi connectivity index (χ3v) is 11.3. The van der Waals surface area contributed by atoms with Gasteiger partial charge in [0.25, 0.3) is 8.32 Å². The number of carbonyl (C=O) groups excluding carboxylic acids is 1. The molecule has 2 aromatic rings. The van der Waals surface area contributed by atoms with Gasteiger partial charge < -0.3 is 9.16 Å². The molecule has 1 fully saturated rings. The fourth-order valence-corrected chi connectivity index (χ4v) is 9.59. The molecule has 0 saturated heterocycles. The van der Waals surface area contributed by atoms with E-state index in [4.69, 9.17) is 9.16 Å². The van der Waals surface area contributed by atoms with Crippen LogP contribution in [0, 0.1) is 0 Å². The second kappa shape index (κ2) is 8.91. The van der Waals surface area contributed by atoms with Crippen LogP contribution in [0.2, 0.25) is 5.04 Å². The molecule has 31 heavy (non-hydrogen) atoms. The highest BCUT2D eigenvalue weighted by Gasteiger charge is 2.57. The van der Waals surface area contributed by atoms with Crippen molar-refractivity contribution in [2.24, 2.45) is 0 Å². The second-order valence-corrected chi connectivity index (χ2v) is 15.0. The van der Waals surface area contributed by atoms with Gasteiger partial charge in [0, 0.05) is 0 Å². The Hall–Kier alpha value is -1.91. The summed E-state index contributed by atoms with van der Waals surface area (Å²) in [5.41, 5.74) is -1.45. The van der Waals surface area contributed by atoms with E-state index in [2.05, 4.69) is 69.3 Å². The maximum absolute atomic E-state index is 13.7. The zero-order chi connectivity index (χ0) is 22.8. The lowest BCUT2D eigenvalue weighted by Gasteiger charge is -2.50. The van der Waals surface area contributed by atoms with Crippen LogP contribution in [-0.4, -0.2) is 25.5 Å². The zero-order valence-corrected chi connectivity index (χ0v) is 21.0. The fourth-order valence-electron chi connectivity index (χ4n) is 4.78.